The summed E-state index contributed by atoms with van der Waals surface area (Å²) in [5.41, 5.74) is 2.23. The standard InChI is InChI=1S/C18H18ClNOS/c1-14-2-4-15(5-3-14)6-11-18(21)20-12-13-22-17-9-7-16(19)8-10-17/h2-11H,12-13H2,1H3,(H,20,21)/b11-6+. The van der Waals surface area contributed by atoms with Crippen molar-refractivity contribution in [1.82, 2.24) is 5.32 Å². The monoisotopic (exact) mass is 331 g/mol. The second kappa shape index (κ2) is 8.66. The number of carbonyl (C=O) groups excluding carboxylic acids is 1. The lowest BCUT2D eigenvalue weighted by Crippen LogP contribution is -2.23. The van der Waals surface area contributed by atoms with Crippen molar-refractivity contribution >= 4 is 35.3 Å². The summed E-state index contributed by atoms with van der Waals surface area (Å²) in [6, 6.07) is 15.7. The van der Waals surface area contributed by atoms with Crippen molar-refractivity contribution in [1.29, 1.82) is 0 Å². The molecule has 0 aliphatic heterocycles. The molecule has 0 aromatic heterocycles. The van der Waals surface area contributed by atoms with E-state index in [9.17, 15) is 4.79 Å². The van der Waals surface area contributed by atoms with Gasteiger partial charge in [0.25, 0.3) is 0 Å². The molecule has 0 fully saturated rings. The molecule has 1 N–H and O–H groups in total. The average molecular weight is 332 g/mol. The van der Waals surface area contributed by atoms with Crippen LogP contribution in [0.15, 0.2) is 59.5 Å². The number of benzene rings is 2. The van der Waals surface area contributed by atoms with Crippen molar-refractivity contribution in [3.05, 3.63) is 70.8 Å². The summed E-state index contributed by atoms with van der Waals surface area (Å²) in [4.78, 5) is 12.9. The summed E-state index contributed by atoms with van der Waals surface area (Å²) in [6.07, 6.45) is 3.39. The zero-order chi connectivity index (χ0) is 15.8. The van der Waals surface area contributed by atoms with Crippen LogP contribution in [0.5, 0.6) is 0 Å². The molecule has 0 atom stereocenters. The molecule has 0 bridgehead atoms. The Morgan fingerprint density at radius 2 is 1.82 bits per heavy atom. The zero-order valence-corrected chi connectivity index (χ0v) is 14.0. The van der Waals surface area contributed by atoms with E-state index in [-0.39, 0.29) is 5.91 Å². The molecule has 4 heteroatoms. The molecule has 0 heterocycles. The second-order valence-corrected chi connectivity index (χ2v) is 6.44. The highest BCUT2D eigenvalue weighted by Gasteiger charge is 1.97. The van der Waals surface area contributed by atoms with Crippen LogP contribution < -0.4 is 5.32 Å². The second-order valence-electron chi connectivity index (χ2n) is 4.84. The lowest BCUT2D eigenvalue weighted by atomic mass is 10.1. The number of hydrogen-bond donors (Lipinski definition) is 1. The molecule has 2 aromatic rings. The Labute approximate surface area is 140 Å². The van der Waals surface area contributed by atoms with Gasteiger partial charge >= 0.3 is 0 Å². The molecule has 2 rings (SSSR count). The van der Waals surface area contributed by atoms with Crippen LogP contribution in [-0.4, -0.2) is 18.2 Å². The van der Waals surface area contributed by atoms with Crippen molar-refractivity contribution in [2.24, 2.45) is 0 Å². The molecule has 2 nitrogen and oxygen atoms in total. The highest BCUT2D eigenvalue weighted by Crippen LogP contribution is 2.19. The minimum absolute atomic E-state index is 0.0720. The van der Waals surface area contributed by atoms with E-state index in [0.29, 0.717) is 6.54 Å². The first-order chi connectivity index (χ1) is 10.6. The molecule has 0 saturated carbocycles. The molecule has 0 saturated heterocycles. The fourth-order valence-corrected chi connectivity index (χ4v) is 2.68. The van der Waals surface area contributed by atoms with Gasteiger partial charge in [0.15, 0.2) is 0 Å². The molecule has 0 spiro atoms. The van der Waals surface area contributed by atoms with Crippen molar-refractivity contribution in [3.63, 3.8) is 0 Å². The maximum absolute atomic E-state index is 11.7. The lowest BCUT2D eigenvalue weighted by Gasteiger charge is -2.03. The van der Waals surface area contributed by atoms with Gasteiger partial charge < -0.3 is 5.32 Å². The molecule has 22 heavy (non-hydrogen) atoms. The SMILES string of the molecule is Cc1ccc(/C=C/C(=O)NCCSc2ccc(Cl)cc2)cc1. The Morgan fingerprint density at radius 1 is 1.14 bits per heavy atom. The van der Waals surface area contributed by atoms with Gasteiger partial charge in [0.1, 0.15) is 0 Å². The van der Waals surface area contributed by atoms with E-state index < -0.39 is 0 Å². The van der Waals surface area contributed by atoms with Gasteiger partial charge in [-0.05, 0) is 42.8 Å². The Hall–Kier alpha value is -1.71. The predicted octanol–water partition coefficient (Wildman–Crippen LogP) is 4.57. The van der Waals surface area contributed by atoms with Crippen LogP contribution in [0.25, 0.3) is 6.08 Å². The fraction of sp³-hybridized carbons (Fsp3) is 0.167. The molecule has 0 radical (unpaired) electrons. The number of hydrogen-bond acceptors (Lipinski definition) is 2. The van der Waals surface area contributed by atoms with Crippen LogP contribution in [0.1, 0.15) is 11.1 Å². The van der Waals surface area contributed by atoms with E-state index in [0.717, 1.165) is 21.2 Å². The van der Waals surface area contributed by atoms with E-state index in [1.807, 2.05) is 61.5 Å². The number of nitrogens with one attached hydrogen (secondary N) is 1. The van der Waals surface area contributed by atoms with Crippen molar-refractivity contribution in [2.45, 2.75) is 11.8 Å². The Morgan fingerprint density at radius 3 is 2.50 bits per heavy atom. The summed E-state index contributed by atoms with van der Waals surface area (Å²) in [5.74, 6) is 0.753. The summed E-state index contributed by atoms with van der Waals surface area (Å²) < 4.78 is 0. The molecule has 2 aromatic carbocycles. The number of carbonyl (C=O) groups is 1. The van der Waals surface area contributed by atoms with Gasteiger partial charge in [0, 0.05) is 28.3 Å². The van der Waals surface area contributed by atoms with Crippen molar-refractivity contribution in [2.75, 3.05) is 12.3 Å². The maximum atomic E-state index is 11.7. The van der Waals surface area contributed by atoms with Gasteiger partial charge in [0.05, 0.1) is 0 Å². The van der Waals surface area contributed by atoms with E-state index in [1.54, 1.807) is 17.8 Å². The first-order valence-corrected chi connectivity index (χ1v) is 8.41. The first kappa shape index (κ1) is 16.7. The third-order valence-electron chi connectivity index (χ3n) is 2.99. The third-order valence-corrected chi connectivity index (χ3v) is 4.25. The highest BCUT2D eigenvalue weighted by atomic mass is 35.5. The van der Waals surface area contributed by atoms with Crippen LogP contribution in [-0.2, 0) is 4.79 Å². The number of amides is 1. The summed E-state index contributed by atoms with van der Waals surface area (Å²) >= 11 is 7.52. The number of aryl methyl sites for hydroxylation is 1. The van der Waals surface area contributed by atoms with E-state index >= 15 is 0 Å². The van der Waals surface area contributed by atoms with Gasteiger partial charge in [-0.1, -0.05) is 41.4 Å². The number of halogens is 1. The number of thioether (sulfide) groups is 1. The van der Waals surface area contributed by atoms with Gasteiger partial charge in [-0.25, -0.2) is 0 Å². The van der Waals surface area contributed by atoms with E-state index in [2.05, 4.69) is 5.32 Å². The van der Waals surface area contributed by atoms with Crippen molar-refractivity contribution < 1.29 is 4.79 Å². The maximum Gasteiger partial charge on any atom is 0.244 e. The van der Waals surface area contributed by atoms with E-state index in [4.69, 9.17) is 11.6 Å². The van der Waals surface area contributed by atoms with Crippen LogP contribution in [0.3, 0.4) is 0 Å². The topological polar surface area (TPSA) is 29.1 Å². The quantitative estimate of drug-likeness (QED) is 0.477. The smallest absolute Gasteiger partial charge is 0.244 e. The van der Waals surface area contributed by atoms with Crippen LogP contribution in [0.2, 0.25) is 5.02 Å². The molecule has 0 aliphatic rings. The molecular formula is C18H18ClNOS. The summed E-state index contributed by atoms with van der Waals surface area (Å²) in [5, 5.41) is 3.61. The third kappa shape index (κ3) is 5.96. The van der Waals surface area contributed by atoms with E-state index in [1.165, 1.54) is 5.56 Å². The van der Waals surface area contributed by atoms with Crippen LogP contribution in [0.4, 0.5) is 0 Å². The minimum atomic E-state index is -0.0720. The largest absolute Gasteiger partial charge is 0.352 e. The first-order valence-electron chi connectivity index (χ1n) is 7.04. The predicted molar refractivity (Wildman–Crippen MR) is 95.4 cm³/mol. The molecule has 0 unspecified atom stereocenters. The summed E-state index contributed by atoms with van der Waals surface area (Å²) in [7, 11) is 0. The van der Waals surface area contributed by atoms with Gasteiger partial charge in [0.2, 0.25) is 5.91 Å². The van der Waals surface area contributed by atoms with Crippen LogP contribution in [0, 0.1) is 6.92 Å². The van der Waals surface area contributed by atoms with Crippen LogP contribution >= 0.6 is 23.4 Å². The Bertz CT molecular complexity index is 635. The lowest BCUT2D eigenvalue weighted by molar-refractivity contribution is -0.116. The molecule has 0 aliphatic carbocycles. The van der Waals surface area contributed by atoms with Gasteiger partial charge in [-0.2, -0.15) is 0 Å². The van der Waals surface area contributed by atoms with Crippen molar-refractivity contribution in [3.8, 4) is 0 Å². The van der Waals surface area contributed by atoms with Gasteiger partial charge in [-0.15, -0.1) is 11.8 Å². The highest BCUT2D eigenvalue weighted by molar-refractivity contribution is 7.99. The summed E-state index contributed by atoms with van der Waals surface area (Å²) in [6.45, 7) is 2.67. The minimum Gasteiger partial charge on any atom is -0.352 e. The Kier molecular flexibility index (Phi) is 6.56. The average Bonchev–Trinajstić information content (AvgIpc) is 2.53. The zero-order valence-electron chi connectivity index (χ0n) is 12.4. The fourth-order valence-electron chi connectivity index (χ4n) is 1.78. The molecule has 1 amide bonds. The normalized spacial score (nSPS) is 10.8. The Balaban J connectivity index is 1.69. The molecule has 114 valence electrons. The van der Waals surface area contributed by atoms with Gasteiger partial charge in [-0.3, -0.25) is 4.79 Å². The molecular weight excluding hydrogens is 314 g/mol. The number of rotatable bonds is 6.